The number of aromatic nitrogens is 1. The van der Waals surface area contributed by atoms with E-state index >= 15 is 0 Å². The zero-order valence-electron chi connectivity index (χ0n) is 33.2. The minimum atomic E-state index is 0.899. The lowest BCUT2D eigenvalue weighted by Crippen LogP contribution is -2.09. The van der Waals surface area contributed by atoms with Gasteiger partial charge in [-0.05, 0) is 105 Å². The van der Waals surface area contributed by atoms with Crippen LogP contribution in [-0.2, 0) is 0 Å². The van der Waals surface area contributed by atoms with Gasteiger partial charge in [-0.2, -0.15) is 0 Å². The highest BCUT2D eigenvalue weighted by atomic mass is 16.3. The van der Waals surface area contributed by atoms with Crippen LogP contribution in [0.2, 0.25) is 0 Å². The number of fused-ring (bicyclic) bond motifs is 7. The molecule has 0 aliphatic rings. The molecule has 0 aliphatic heterocycles. The molecule has 0 radical (unpaired) electrons. The molecule has 286 valence electrons. The van der Waals surface area contributed by atoms with Crippen LogP contribution >= 0.6 is 0 Å². The Morgan fingerprint density at radius 2 is 0.754 bits per heavy atom. The fourth-order valence-electron chi connectivity index (χ4n) is 9.40. The van der Waals surface area contributed by atoms with Gasteiger partial charge in [-0.25, -0.2) is 0 Å². The number of benzene rings is 10. The smallest absolute Gasteiger partial charge is 0.136 e. The highest BCUT2D eigenvalue weighted by molar-refractivity contribution is 6.13. The topological polar surface area (TPSA) is 21.3 Å². The average Bonchev–Trinajstić information content (AvgIpc) is 3.88. The van der Waals surface area contributed by atoms with Crippen LogP contribution in [0.4, 0.5) is 17.1 Å². The van der Waals surface area contributed by atoms with Crippen LogP contribution in [0.25, 0.3) is 93.6 Å². The van der Waals surface area contributed by atoms with Crippen molar-refractivity contribution in [3.63, 3.8) is 0 Å². The molecule has 12 rings (SSSR count). The van der Waals surface area contributed by atoms with Crippen LogP contribution in [0, 0.1) is 0 Å². The molecule has 0 spiro atoms. The maximum Gasteiger partial charge on any atom is 0.136 e. The molecule has 0 aliphatic carbocycles. The predicted molar refractivity (Wildman–Crippen MR) is 257 cm³/mol. The molecule has 3 heteroatoms. The van der Waals surface area contributed by atoms with Crippen molar-refractivity contribution in [2.45, 2.75) is 0 Å². The third kappa shape index (κ3) is 5.82. The summed E-state index contributed by atoms with van der Waals surface area (Å²) in [7, 11) is 0. The zero-order valence-corrected chi connectivity index (χ0v) is 33.2. The molecule has 3 nitrogen and oxygen atoms in total. The van der Waals surface area contributed by atoms with Gasteiger partial charge in [-0.1, -0.05) is 164 Å². The molecule has 0 saturated heterocycles. The van der Waals surface area contributed by atoms with E-state index in [9.17, 15) is 0 Å². The predicted octanol–water partition coefficient (Wildman–Crippen LogP) is 16.3. The van der Waals surface area contributed by atoms with Gasteiger partial charge in [0.15, 0.2) is 0 Å². The van der Waals surface area contributed by atoms with Gasteiger partial charge < -0.3 is 13.9 Å². The van der Waals surface area contributed by atoms with Crippen molar-refractivity contribution >= 4 is 71.6 Å². The molecule has 61 heavy (non-hydrogen) atoms. The van der Waals surface area contributed by atoms with Crippen LogP contribution < -0.4 is 4.90 Å². The highest BCUT2D eigenvalue weighted by Crippen LogP contribution is 2.42. The van der Waals surface area contributed by atoms with Crippen molar-refractivity contribution in [2.24, 2.45) is 0 Å². The van der Waals surface area contributed by atoms with Gasteiger partial charge in [0.05, 0.1) is 16.7 Å². The quantitative estimate of drug-likeness (QED) is 0.161. The molecular weight excluding hydrogens is 741 g/mol. The number of nitrogens with zero attached hydrogens (tertiary/aromatic N) is 2. The molecule has 0 bridgehead atoms. The number of furan rings is 1. The highest BCUT2D eigenvalue weighted by Gasteiger charge is 2.18. The Balaban J connectivity index is 0.965. The summed E-state index contributed by atoms with van der Waals surface area (Å²) in [6.45, 7) is 0. The van der Waals surface area contributed by atoms with E-state index in [0.29, 0.717) is 0 Å². The van der Waals surface area contributed by atoms with E-state index < -0.39 is 0 Å². The van der Waals surface area contributed by atoms with Crippen LogP contribution in [0.15, 0.2) is 235 Å². The van der Waals surface area contributed by atoms with E-state index in [4.69, 9.17) is 4.42 Å². The van der Waals surface area contributed by atoms with E-state index in [2.05, 4.69) is 228 Å². The molecule has 12 aromatic rings. The molecule has 0 N–H and O–H groups in total. The normalized spacial score (nSPS) is 11.6. The largest absolute Gasteiger partial charge is 0.456 e. The number of rotatable bonds is 7. The van der Waals surface area contributed by atoms with Gasteiger partial charge in [0, 0.05) is 44.2 Å². The van der Waals surface area contributed by atoms with Crippen LogP contribution in [0.1, 0.15) is 0 Å². The van der Waals surface area contributed by atoms with E-state index in [1.807, 2.05) is 12.1 Å². The summed E-state index contributed by atoms with van der Waals surface area (Å²) in [5.74, 6) is 0. The fraction of sp³-hybridized carbons (Fsp3) is 0. The third-order valence-electron chi connectivity index (χ3n) is 12.2. The molecule has 0 saturated carbocycles. The summed E-state index contributed by atoms with van der Waals surface area (Å²) in [5, 5.41) is 7.28. The molecular formula is C58H38N2O. The van der Waals surface area contributed by atoms with E-state index in [-0.39, 0.29) is 0 Å². The maximum absolute atomic E-state index is 6.26. The second-order valence-corrected chi connectivity index (χ2v) is 15.7. The summed E-state index contributed by atoms with van der Waals surface area (Å²) in [4.78, 5) is 2.35. The zero-order chi connectivity index (χ0) is 40.3. The number of anilines is 3. The SMILES string of the molecule is c1ccc(-n2c3ccccc3c3ccccc32)c(-c2ccc(N(c3ccc(-c4cccc5ccccc45)cc3)c3ccc(-c4cccc5oc6ccccc6c45)cc3)cc2)c1. The molecule has 2 aromatic heterocycles. The van der Waals surface area contributed by atoms with Gasteiger partial charge in [0.25, 0.3) is 0 Å². The second kappa shape index (κ2) is 14.3. The second-order valence-electron chi connectivity index (χ2n) is 15.7. The van der Waals surface area contributed by atoms with Gasteiger partial charge >= 0.3 is 0 Å². The van der Waals surface area contributed by atoms with Crippen LogP contribution in [0.3, 0.4) is 0 Å². The maximum atomic E-state index is 6.26. The lowest BCUT2D eigenvalue weighted by atomic mass is 9.97. The molecule has 0 fully saturated rings. The Morgan fingerprint density at radius 1 is 0.311 bits per heavy atom. The van der Waals surface area contributed by atoms with Crippen molar-refractivity contribution in [1.29, 1.82) is 0 Å². The van der Waals surface area contributed by atoms with Crippen LogP contribution in [0.5, 0.6) is 0 Å². The Hall–Kier alpha value is -8.14. The van der Waals surface area contributed by atoms with E-state index in [0.717, 1.165) is 61.4 Å². The van der Waals surface area contributed by atoms with E-state index in [1.54, 1.807) is 0 Å². The van der Waals surface area contributed by atoms with E-state index in [1.165, 1.54) is 49.3 Å². The number of para-hydroxylation sites is 4. The summed E-state index contributed by atoms with van der Waals surface area (Å²) in [6, 6.07) is 82.9. The molecule has 0 atom stereocenters. The fourth-order valence-corrected chi connectivity index (χ4v) is 9.40. The first-order valence-electron chi connectivity index (χ1n) is 20.8. The van der Waals surface area contributed by atoms with Crippen molar-refractivity contribution in [3.8, 4) is 39.1 Å². The molecule has 0 unspecified atom stereocenters. The summed E-state index contributed by atoms with van der Waals surface area (Å²) in [6.07, 6.45) is 0. The van der Waals surface area contributed by atoms with Crippen molar-refractivity contribution < 1.29 is 4.42 Å². The Labute approximate surface area is 353 Å². The van der Waals surface area contributed by atoms with Crippen LogP contribution in [-0.4, -0.2) is 4.57 Å². The lowest BCUT2D eigenvalue weighted by Gasteiger charge is -2.26. The number of hydrogen-bond donors (Lipinski definition) is 0. The van der Waals surface area contributed by atoms with Gasteiger partial charge in [-0.15, -0.1) is 0 Å². The molecule has 10 aromatic carbocycles. The lowest BCUT2D eigenvalue weighted by molar-refractivity contribution is 0.669. The summed E-state index contributed by atoms with van der Waals surface area (Å²) in [5.41, 5.74) is 15.6. The summed E-state index contributed by atoms with van der Waals surface area (Å²) < 4.78 is 8.66. The Kier molecular flexibility index (Phi) is 8.17. The first-order chi connectivity index (χ1) is 30.3. The first kappa shape index (κ1) is 34.9. The minimum absolute atomic E-state index is 0.899. The molecule has 0 amide bonds. The van der Waals surface area contributed by atoms with Crippen molar-refractivity contribution in [3.05, 3.63) is 231 Å². The monoisotopic (exact) mass is 778 g/mol. The van der Waals surface area contributed by atoms with Gasteiger partial charge in [0.1, 0.15) is 11.2 Å². The first-order valence-corrected chi connectivity index (χ1v) is 20.8. The number of hydrogen-bond acceptors (Lipinski definition) is 2. The van der Waals surface area contributed by atoms with Gasteiger partial charge in [-0.3, -0.25) is 0 Å². The standard InChI is InChI=1S/C58H38N2O/c1-2-15-46-39(13-1)14-11-20-47(46)40-27-33-43(34-28-40)59(45-37-31-42(32-38-45)49-21-12-26-57-58(49)52-19-6-10-25-56(52)61-57)44-35-29-41(30-36-44)48-16-3-7-22-53(48)60-54-23-8-4-17-50(54)51-18-5-9-24-55(51)60/h1-38H. The third-order valence-corrected chi connectivity index (χ3v) is 12.2. The van der Waals surface area contributed by atoms with Crippen molar-refractivity contribution in [1.82, 2.24) is 4.57 Å². The van der Waals surface area contributed by atoms with Gasteiger partial charge in [0.2, 0.25) is 0 Å². The Bertz CT molecular complexity index is 3520. The minimum Gasteiger partial charge on any atom is -0.456 e. The molecule has 2 heterocycles. The average molecular weight is 779 g/mol. The summed E-state index contributed by atoms with van der Waals surface area (Å²) >= 11 is 0. The van der Waals surface area contributed by atoms with Crippen molar-refractivity contribution in [2.75, 3.05) is 4.90 Å². The Morgan fingerprint density at radius 3 is 1.43 bits per heavy atom.